The summed E-state index contributed by atoms with van der Waals surface area (Å²) in [5.41, 5.74) is 6.00. The summed E-state index contributed by atoms with van der Waals surface area (Å²) in [6.07, 6.45) is 1.62. The maximum Gasteiger partial charge on any atom is 0.221 e. The second kappa shape index (κ2) is 6.53. The van der Waals surface area contributed by atoms with Crippen LogP contribution >= 0.6 is 0 Å². The molecule has 1 rings (SSSR count). The molecule has 1 aliphatic rings. The summed E-state index contributed by atoms with van der Waals surface area (Å²) in [7, 11) is 0. The fraction of sp³-hybridized carbons (Fsp3) is 0.929. The molecule has 0 radical (unpaired) electrons. The van der Waals surface area contributed by atoms with E-state index in [2.05, 4.69) is 37.9 Å². The molecule has 0 aromatic rings. The topological polar surface area (TPSA) is 58.4 Å². The highest BCUT2D eigenvalue weighted by atomic mass is 16.1. The van der Waals surface area contributed by atoms with Crippen molar-refractivity contribution in [1.29, 1.82) is 0 Å². The van der Waals surface area contributed by atoms with Crippen LogP contribution in [0.2, 0.25) is 0 Å². The molecular formula is C14H29N3O. The van der Waals surface area contributed by atoms with E-state index in [0.29, 0.717) is 12.3 Å². The van der Waals surface area contributed by atoms with Gasteiger partial charge in [0, 0.05) is 25.6 Å². The van der Waals surface area contributed by atoms with E-state index in [4.69, 9.17) is 5.73 Å². The van der Waals surface area contributed by atoms with Gasteiger partial charge < -0.3 is 16.0 Å². The van der Waals surface area contributed by atoms with Crippen LogP contribution in [-0.2, 0) is 4.79 Å². The number of amides is 1. The van der Waals surface area contributed by atoms with Gasteiger partial charge in [-0.1, -0.05) is 27.7 Å². The van der Waals surface area contributed by atoms with Gasteiger partial charge in [-0.25, -0.2) is 0 Å². The summed E-state index contributed by atoms with van der Waals surface area (Å²) in [6, 6.07) is -0.0757. The lowest BCUT2D eigenvalue weighted by atomic mass is 9.85. The zero-order valence-electron chi connectivity index (χ0n) is 12.3. The molecule has 2 atom stereocenters. The zero-order valence-corrected chi connectivity index (χ0v) is 12.3. The predicted molar refractivity (Wildman–Crippen MR) is 75.3 cm³/mol. The number of rotatable bonds is 5. The van der Waals surface area contributed by atoms with Crippen molar-refractivity contribution in [2.24, 2.45) is 17.1 Å². The van der Waals surface area contributed by atoms with Gasteiger partial charge in [-0.15, -0.1) is 0 Å². The third kappa shape index (κ3) is 4.94. The summed E-state index contributed by atoms with van der Waals surface area (Å²) < 4.78 is 0. The quantitative estimate of drug-likeness (QED) is 0.776. The van der Waals surface area contributed by atoms with Crippen LogP contribution in [0.3, 0.4) is 0 Å². The van der Waals surface area contributed by atoms with Crippen molar-refractivity contribution < 1.29 is 4.79 Å². The van der Waals surface area contributed by atoms with Gasteiger partial charge in [0.1, 0.15) is 0 Å². The van der Waals surface area contributed by atoms with Crippen LogP contribution in [0.1, 0.15) is 40.5 Å². The lowest BCUT2D eigenvalue weighted by Crippen LogP contribution is -2.41. The van der Waals surface area contributed by atoms with Crippen molar-refractivity contribution in [1.82, 2.24) is 10.2 Å². The van der Waals surface area contributed by atoms with E-state index in [-0.39, 0.29) is 17.4 Å². The first-order valence-corrected chi connectivity index (χ1v) is 7.07. The molecule has 4 heteroatoms. The third-order valence-corrected chi connectivity index (χ3v) is 3.92. The number of hydrogen-bond acceptors (Lipinski definition) is 3. The van der Waals surface area contributed by atoms with Crippen molar-refractivity contribution in [2.75, 3.05) is 26.2 Å². The second-order valence-corrected chi connectivity index (χ2v) is 6.53. The average molecular weight is 255 g/mol. The molecule has 1 heterocycles. The van der Waals surface area contributed by atoms with Gasteiger partial charge in [0.05, 0.1) is 0 Å². The van der Waals surface area contributed by atoms with Gasteiger partial charge in [0.15, 0.2) is 0 Å². The molecule has 0 aromatic carbocycles. The molecule has 0 saturated carbocycles. The Morgan fingerprint density at radius 2 is 2.17 bits per heavy atom. The Morgan fingerprint density at radius 3 is 2.67 bits per heavy atom. The fourth-order valence-corrected chi connectivity index (χ4v) is 2.20. The van der Waals surface area contributed by atoms with Gasteiger partial charge in [0.25, 0.3) is 0 Å². The molecule has 1 aliphatic heterocycles. The molecule has 3 N–H and O–H groups in total. The Labute approximate surface area is 111 Å². The highest BCUT2D eigenvalue weighted by Crippen LogP contribution is 2.19. The molecule has 18 heavy (non-hydrogen) atoms. The number of nitrogens with one attached hydrogen (secondary N) is 1. The zero-order chi connectivity index (χ0) is 13.8. The van der Waals surface area contributed by atoms with Crippen LogP contribution < -0.4 is 11.1 Å². The Morgan fingerprint density at radius 1 is 1.50 bits per heavy atom. The minimum Gasteiger partial charge on any atom is -0.356 e. The summed E-state index contributed by atoms with van der Waals surface area (Å²) in [5, 5.41) is 3.03. The van der Waals surface area contributed by atoms with Crippen LogP contribution in [0.4, 0.5) is 0 Å². The molecule has 1 fully saturated rings. The monoisotopic (exact) mass is 255 g/mol. The summed E-state index contributed by atoms with van der Waals surface area (Å²) >= 11 is 0. The number of likely N-dealkylation sites (tertiary alicyclic amines) is 1. The molecule has 0 aromatic heterocycles. The van der Waals surface area contributed by atoms with E-state index in [1.165, 1.54) is 13.0 Å². The van der Waals surface area contributed by atoms with Crippen LogP contribution in [0, 0.1) is 11.3 Å². The van der Waals surface area contributed by atoms with Crippen LogP contribution in [0.15, 0.2) is 0 Å². The van der Waals surface area contributed by atoms with Crippen molar-refractivity contribution in [3.05, 3.63) is 0 Å². The lowest BCUT2D eigenvalue weighted by molar-refractivity contribution is -0.122. The highest BCUT2D eigenvalue weighted by molar-refractivity contribution is 5.76. The number of nitrogens with two attached hydrogens (primary N) is 1. The molecule has 0 aliphatic carbocycles. The number of carbonyl (C=O) groups excluding carboxylic acids is 1. The Bertz CT molecular complexity index is 273. The van der Waals surface area contributed by atoms with Crippen LogP contribution in [0.5, 0.6) is 0 Å². The summed E-state index contributed by atoms with van der Waals surface area (Å²) in [4.78, 5) is 14.2. The molecule has 2 unspecified atom stereocenters. The van der Waals surface area contributed by atoms with E-state index < -0.39 is 0 Å². The van der Waals surface area contributed by atoms with Crippen molar-refractivity contribution in [2.45, 2.75) is 46.6 Å². The van der Waals surface area contributed by atoms with E-state index in [9.17, 15) is 4.79 Å². The molecular weight excluding hydrogens is 226 g/mol. The molecule has 4 nitrogen and oxygen atoms in total. The number of carbonyl (C=O) groups is 1. The first kappa shape index (κ1) is 15.4. The minimum atomic E-state index is -0.0757. The van der Waals surface area contributed by atoms with Crippen molar-refractivity contribution in [3.63, 3.8) is 0 Å². The molecule has 1 saturated heterocycles. The minimum absolute atomic E-state index is 0.0102. The maximum atomic E-state index is 11.8. The Hall–Kier alpha value is -0.610. The lowest BCUT2D eigenvalue weighted by Gasteiger charge is -2.26. The van der Waals surface area contributed by atoms with E-state index in [1.54, 1.807) is 0 Å². The molecule has 0 spiro atoms. The first-order chi connectivity index (χ1) is 8.32. The van der Waals surface area contributed by atoms with Gasteiger partial charge >= 0.3 is 0 Å². The largest absolute Gasteiger partial charge is 0.356 e. The summed E-state index contributed by atoms with van der Waals surface area (Å²) in [6.45, 7) is 12.6. The Kier molecular flexibility index (Phi) is 5.60. The van der Waals surface area contributed by atoms with Crippen LogP contribution in [-0.4, -0.2) is 43.0 Å². The predicted octanol–water partition coefficient (Wildman–Crippen LogP) is 1.21. The SMILES string of the molecule is CCN1CCC(CNC(=O)CC(N)C(C)(C)C)C1. The van der Waals surface area contributed by atoms with E-state index in [0.717, 1.165) is 19.6 Å². The highest BCUT2D eigenvalue weighted by Gasteiger charge is 2.25. The molecule has 1 amide bonds. The average Bonchev–Trinajstić information content (AvgIpc) is 2.73. The van der Waals surface area contributed by atoms with Gasteiger partial charge in [0.2, 0.25) is 5.91 Å². The van der Waals surface area contributed by atoms with E-state index in [1.807, 2.05) is 0 Å². The van der Waals surface area contributed by atoms with E-state index >= 15 is 0 Å². The Balaban J connectivity index is 2.22. The third-order valence-electron chi connectivity index (χ3n) is 3.92. The smallest absolute Gasteiger partial charge is 0.221 e. The maximum absolute atomic E-state index is 11.8. The number of hydrogen-bond donors (Lipinski definition) is 2. The van der Waals surface area contributed by atoms with Crippen LogP contribution in [0.25, 0.3) is 0 Å². The standard InChI is InChI=1S/C14H29N3O/c1-5-17-7-6-11(10-17)9-16-13(18)8-12(15)14(2,3)4/h11-12H,5-10,15H2,1-4H3,(H,16,18). The first-order valence-electron chi connectivity index (χ1n) is 7.07. The molecule has 0 bridgehead atoms. The van der Waals surface area contributed by atoms with Gasteiger partial charge in [-0.3, -0.25) is 4.79 Å². The number of nitrogens with zero attached hydrogens (tertiary/aromatic N) is 1. The normalized spacial score (nSPS) is 23.1. The van der Waals surface area contributed by atoms with Crippen molar-refractivity contribution >= 4 is 5.91 Å². The fourth-order valence-electron chi connectivity index (χ4n) is 2.20. The second-order valence-electron chi connectivity index (χ2n) is 6.53. The molecule has 106 valence electrons. The summed E-state index contributed by atoms with van der Waals surface area (Å²) in [5.74, 6) is 0.701. The van der Waals surface area contributed by atoms with Gasteiger partial charge in [-0.2, -0.15) is 0 Å². The van der Waals surface area contributed by atoms with Gasteiger partial charge in [-0.05, 0) is 30.8 Å². The van der Waals surface area contributed by atoms with Crippen molar-refractivity contribution in [3.8, 4) is 0 Å².